The van der Waals surface area contributed by atoms with Crippen LogP contribution in [0.25, 0.3) is 0 Å². The number of likely N-dealkylation sites (tertiary alicyclic amines) is 1. The van der Waals surface area contributed by atoms with Crippen LogP contribution in [0.3, 0.4) is 0 Å². The van der Waals surface area contributed by atoms with E-state index in [-0.39, 0.29) is 11.3 Å². The fraction of sp³-hybridized carbons (Fsp3) is 0.529. The first-order valence-electron chi connectivity index (χ1n) is 8.16. The summed E-state index contributed by atoms with van der Waals surface area (Å²) in [7, 11) is 0. The van der Waals surface area contributed by atoms with Crippen LogP contribution in [0.2, 0.25) is 0 Å². The highest BCUT2D eigenvalue weighted by molar-refractivity contribution is 7.07. The van der Waals surface area contributed by atoms with Crippen molar-refractivity contribution in [2.24, 2.45) is 11.3 Å². The van der Waals surface area contributed by atoms with E-state index in [0.29, 0.717) is 24.8 Å². The number of fused-ring (bicyclic) bond motifs is 1. The molecule has 2 fully saturated rings. The topological polar surface area (TPSA) is 67.6 Å². The molecule has 24 heavy (non-hydrogen) atoms. The number of carbonyl (C=O) groups excluding carboxylic acids is 1. The number of aromatic nitrogens is 1. The van der Waals surface area contributed by atoms with Crippen molar-refractivity contribution in [3.05, 3.63) is 40.2 Å². The van der Waals surface area contributed by atoms with Gasteiger partial charge in [0.2, 0.25) is 0 Å². The Morgan fingerprint density at radius 2 is 2.46 bits per heavy atom. The molecule has 1 N–H and O–H groups in total. The molecular weight excluding hydrogens is 326 g/mol. The lowest BCUT2D eigenvalue weighted by Gasteiger charge is -2.27. The van der Waals surface area contributed by atoms with Gasteiger partial charge in [0.25, 0.3) is 5.91 Å². The number of hydrogen-bond acceptors (Lipinski definition) is 6. The van der Waals surface area contributed by atoms with Gasteiger partial charge in [-0.3, -0.25) is 9.69 Å². The molecule has 0 saturated carbocycles. The van der Waals surface area contributed by atoms with Gasteiger partial charge in [-0.2, -0.15) is 0 Å². The van der Waals surface area contributed by atoms with Gasteiger partial charge in [0.05, 0.1) is 25.3 Å². The number of nitrogens with zero attached hydrogens (tertiary/aromatic N) is 2. The molecule has 7 heteroatoms. The Morgan fingerprint density at radius 3 is 3.21 bits per heavy atom. The van der Waals surface area contributed by atoms with E-state index in [4.69, 9.17) is 9.15 Å². The van der Waals surface area contributed by atoms with E-state index < -0.39 is 0 Å². The Kier molecular flexibility index (Phi) is 4.15. The maximum atomic E-state index is 12.2. The van der Waals surface area contributed by atoms with Gasteiger partial charge in [0.15, 0.2) is 0 Å². The molecule has 128 valence electrons. The van der Waals surface area contributed by atoms with Crippen molar-refractivity contribution in [1.82, 2.24) is 15.2 Å². The van der Waals surface area contributed by atoms with E-state index in [9.17, 15) is 4.79 Å². The summed E-state index contributed by atoms with van der Waals surface area (Å²) in [6, 6.07) is 4.04. The van der Waals surface area contributed by atoms with Crippen molar-refractivity contribution in [2.75, 3.05) is 32.8 Å². The lowest BCUT2D eigenvalue weighted by molar-refractivity contribution is 0.0898. The first-order chi connectivity index (χ1) is 11.6. The van der Waals surface area contributed by atoms with Gasteiger partial charge < -0.3 is 14.5 Å². The zero-order valence-electron chi connectivity index (χ0n) is 13.7. The summed E-state index contributed by atoms with van der Waals surface area (Å²) in [4.78, 5) is 18.7. The van der Waals surface area contributed by atoms with Crippen LogP contribution in [0, 0.1) is 18.3 Å². The molecule has 2 saturated heterocycles. The van der Waals surface area contributed by atoms with Crippen molar-refractivity contribution in [2.45, 2.75) is 13.5 Å². The Labute approximate surface area is 144 Å². The first kappa shape index (κ1) is 15.8. The van der Waals surface area contributed by atoms with E-state index in [1.54, 1.807) is 10.9 Å². The van der Waals surface area contributed by atoms with Crippen molar-refractivity contribution in [3.63, 3.8) is 0 Å². The van der Waals surface area contributed by atoms with Gasteiger partial charge in [0, 0.05) is 36.3 Å². The van der Waals surface area contributed by atoms with Gasteiger partial charge in [-0.15, -0.1) is 11.3 Å². The van der Waals surface area contributed by atoms with E-state index >= 15 is 0 Å². The van der Waals surface area contributed by atoms with Crippen LogP contribution in [0.5, 0.6) is 0 Å². The number of rotatable bonds is 5. The third-order valence-electron chi connectivity index (χ3n) is 5.03. The molecule has 0 radical (unpaired) electrons. The molecule has 2 aliphatic heterocycles. The second-order valence-electron chi connectivity index (χ2n) is 6.81. The molecule has 4 rings (SSSR count). The molecular formula is C17H21N3O3S. The Morgan fingerprint density at radius 1 is 1.54 bits per heavy atom. The number of nitrogens with one attached hydrogen (secondary N) is 1. The fourth-order valence-corrected chi connectivity index (χ4v) is 4.31. The number of carbonyl (C=O) groups is 1. The minimum absolute atomic E-state index is 0.00663. The largest absolute Gasteiger partial charge is 0.465 e. The summed E-state index contributed by atoms with van der Waals surface area (Å²) in [6.07, 6.45) is 0. The average molecular weight is 347 g/mol. The number of ether oxygens (including phenoxy) is 1. The third-order valence-corrected chi connectivity index (χ3v) is 5.62. The normalized spacial score (nSPS) is 26.6. The van der Waals surface area contributed by atoms with Gasteiger partial charge in [0.1, 0.15) is 17.2 Å². The minimum Gasteiger partial charge on any atom is -0.465 e. The predicted octanol–water partition coefficient (Wildman–Crippen LogP) is 1.92. The van der Waals surface area contributed by atoms with Crippen LogP contribution < -0.4 is 5.32 Å². The Balaban J connectivity index is 1.40. The Hall–Kier alpha value is -1.70. The predicted molar refractivity (Wildman–Crippen MR) is 89.9 cm³/mol. The van der Waals surface area contributed by atoms with Crippen LogP contribution in [0.1, 0.15) is 22.0 Å². The molecule has 0 aromatic carbocycles. The molecule has 0 unspecified atom stereocenters. The molecule has 4 heterocycles. The summed E-state index contributed by atoms with van der Waals surface area (Å²) in [6.45, 7) is 6.75. The molecule has 2 aliphatic rings. The van der Waals surface area contributed by atoms with Crippen LogP contribution in [0.15, 0.2) is 27.4 Å². The highest BCUT2D eigenvalue weighted by Crippen LogP contribution is 2.41. The van der Waals surface area contributed by atoms with E-state index in [0.717, 1.165) is 37.8 Å². The van der Waals surface area contributed by atoms with Crippen molar-refractivity contribution < 1.29 is 13.9 Å². The van der Waals surface area contributed by atoms with Crippen LogP contribution in [0.4, 0.5) is 0 Å². The fourth-order valence-electron chi connectivity index (χ4n) is 3.78. The van der Waals surface area contributed by atoms with Crippen LogP contribution in [-0.2, 0) is 11.3 Å². The van der Waals surface area contributed by atoms with Crippen LogP contribution in [-0.4, -0.2) is 48.6 Å². The number of hydrogen-bond donors (Lipinski definition) is 1. The average Bonchev–Trinajstić information content (AvgIpc) is 3.29. The lowest BCUT2D eigenvalue weighted by atomic mass is 9.81. The summed E-state index contributed by atoms with van der Waals surface area (Å²) < 4.78 is 11.4. The zero-order valence-corrected chi connectivity index (χ0v) is 14.5. The van der Waals surface area contributed by atoms with Gasteiger partial charge in [-0.25, -0.2) is 4.98 Å². The molecule has 6 nitrogen and oxygen atoms in total. The minimum atomic E-state index is -0.101. The first-order valence-corrected chi connectivity index (χ1v) is 9.11. The van der Waals surface area contributed by atoms with Crippen LogP contribution >= 0.6 is 11.3 Å². The smallest absolute Gasteiger partial charge is 0.270 e. The van der Waals surface area contributed by atoms with Gasteiger partial charge in [-0.05, 0) is 19.1 Å². The molecule has 2 atom stereocenters. The second-order valence-corrected chi connectivity index (χ2v) is 7.53. The van der Waals surface area contributed by atoms with E-state index in [2.05, 4.69) is 15.2 Å². The zero-order chi connectivity index (χ0) is 16.6. The highest BCUT2D eigenvalue weighted by atomic mass is 32.1. The second kappa shape index (κ2) is 6.31. The number of furan rings is 1. The number of amides is 1. The van der Waals surface area contributed by atoms with Gasteiger partial charge in [-0.1, -0.05) is 0 Å². The summed E-state index contributed by atoms with van der Waals surface area (Å²) in [5.41, 5.74) is 2.16. The lowest BCUT2D eigenvalue weighted by Crippen LogP contribution is -2.43. The molecule has 0 spiro atoms. The number of aryl methyl sites for hydroxylation is 1. The summed E-state index contributed by atoms with van der Waals surface area (Å²) >= 11 is 1.43. The number of thiazole rings is 1. The van der Waals surface area contributed by atoms with Crippen molar-refractivity contribution >= 4 is 17.2 Å². The SMILES string of the molecule is Cc1ccc(CN2C[C@@H]3COC[C@]3(CNC(=O)c3cscn3)C2)o1. The molecule has 0 bridgehead atoms. The Bertz CT molecular complexity index is 714. The third kappa shape index (κ3) is 2.99. The standard InChI is InChI=1S/C17H21N3O3S/c1-12-2-3-14(23-12)5-20-4-13-6-22-10-17(13,9-20)8-18-16(21)15-7-24-11-19-15/h2-3,7,11,13H,4-6,8-10H2,1H3,(H,18,21)/t13-,17+/m1/s1. The van der Waals surface area contributed by atoms with Gasteiger partial charge >= 0.3 is 0 Å². The summed E-state index contributed by atoms with van der Waals surface area (Å²) in [5, 5.41) is 4.83. The molecule has 1 amide bonds. The maximum Gasteiger partial charge on any atom is 0.270 e. The van der Waals surface area contributed by atoms with E-state index in [1.165, 1.54) is 11.3 Å². The molecule has 0 aliphatic carbocycles. The monoisotopic (exact) mass is 347 g/mol. The maximum absolute atomic E-state index is 12.2. The van der Waals surface area contributed by atoms with Crippen molar-refractivity contribution in [1.29, 1.82) is 0 Å². The molecule has 2 aromatic rings. The quantitative estimate of drug-likeness (QED) is 0.895. The summed E-state index contributed by atoms with van der Waals surface area (Å²) in [5.74, 6) is 2.29. The van der Waals surface area contributed by atoms with Crippen molar-refractivity contribution in [3.8, 4) is 0 Å². The van der Waals surface area contributed by atoms with E-state index in [1.807, 2.05) is 19.1 Å². The molecule has 2 aromatic heterocycles. The highest BCUT2D eigenvalue weighted by Gasteiger charge is 2.50.